The number of rotatable bonds is 6. The van der Waals surface area contributed by atoms with Crippen LogP contribution in [0.4, 0.5) is 5.82 Å². The van der Waals surface area contributed by atoms with Crippen LogP contribution < -0.4 is 5.32 Å². The molecule has 0 bridgehead atoms. The second kappa shape index (κ2) is 7.23. The Kier molecular flexibility index (Phi) is 5.03. The van der Waals surface area contributed by atoms with Gasteiger partial charge in [0, 0.05) is 23.9 Å². The van der Waals surface area contributed by atoms with Crippen LogP contribution in [0.2, 0.25) is 0 Å². The van der Waals surface area contributed by atoms with Gasteiger partial charge >= 0.3 is 0 Å². The zero-order valence-corrected chi connectivity index (χ0v) is 15.8. The predicted molar refractivity (Wildman–Crippen MR) is 101 cm³/mol. The molecule has 0 fully saturated rings. The number of nitrogens with zero attached hydrogens (tertiary/aromatic N) is 3. The first-order chi connectivity index (χ1) is 11.9. The molecule has 0 aromatic carbocycles. The van der Waals surface area contributed by atoms with Crippen LogP contribution in [0.1, 0.15) is 30.8 Å². The molecular formula is C18H23N5OS. The number of thiophene rings is 1. The van der Waals surface area contributed by atoms with Gasteiger partial charge in [-0.05, 0) is 31.2 Å². The van der Waals surface area contributed by atoms with Crippen molar-refractivity contribution >= 4 is 23.1 Å². The number of aromatic nitrogens is 4. The van der Waals surface area contributed by atoms with E-state index in [4.69, 9.17) is 0 Å². The first kappa shape index (κ1) is 17.4. The van der Waals surface area contributed by atoms with Crippen molar-refractivity contribution in [3.05, 3.63) is 40.5 Å². The van der Waals surface area contributed by atoms with E-state index in [0.717, 1.165) is 34.1 Å². The number of carbonyl (C=O) groups excluding carboxylic acids is 1. The normalized spacial score (nSPS) is 11.2. The molecule has 3 heterocycles. The van der Waals surface area contributed by atoms with Crippen LogP contribution in [-0.2, 0) is 17.8 Å². The predicted octanol–water partition coefficient (Wildman–Crippen LogP) is 3.79. The number of H-pyrrole nitrogens is 1. The SMILES string of the molecule is Cc1nn(CC(C)C)c(C)c1CC(=O)Nc1cc(-c2cccs2)[nH]n1. The molecule has 25 heavy (non-hydrogen) atoms. The largest absolute Gasteiger partial charge is 0.309 e. The number of nitrogens with one attached hydrogen (secondary N) is 2. The molecule has 0 unspecified atom stereocenters. The molecule has 0 atom stereocenters. The fourth-order valence-electron chi connectivity index (χ4n) is 2.80. The summed E-state index contributed by atoms with van der Waals surface area (Å²) >= 11 is 1.63. The molecule has 7 heteroatoms. The Bertz CT molecular complexity index is 860. The van der Waals surface area contributed by atoms with Gasteiger partial charge in [-0.3, -0.25) is 14.6 Å². The van der Waals surface area contributed by atoms with Crippen LogP contribution in [0.5, 0.6) is 0 Å². The molecule has 0 aliphatic rings. The summed E-state index contributed by atoms with van der Waals surface area (Å²) in [5.74, 6) is 0.970. The van der Waals surface area contributed by atoms with Gasteiger partial charge in [-0.1, -0.05) is 19.9 Å². The number of carbonyl (C=O) groups is 1. The van der Waals surface area contributed by atoms with E-state index in [1.165, 1.54) is 0 Å². The smallest absolute Gasteiger partial charge is 0.230 e. The molecule has 3 aromatic heterocycles. The lowest BCUT2D eigenvalue weighted by molar-refractivity contribution is -0.115. The lowest BCUT2D eigenvalue weighted by atomic mass is 10.1. The zero-order valence-electron chi connectivity index (χ0n) is 15.0. The van der Waals surface area contributed by atoms with E-state index in [2.05, 4.69) is 34.5 Å². The molecule has 0 aliphatic carbocycles. The summed E-state index contributed by atoms with van der Waals surface area (Å²) in [5, 5.41) is 16.6. The quantitative estimate of drug-likeness (QED) is 0.705. The van der Waals surface area contributed by atoms with Crippen LogP contribution >= 0.6 is 11.3 Å². The van der Waals surface area contributed by atoms with Crippen molar-refractivity contribution in [3.63, 3.8) is 0 Å². The summed E-state index contributed by atoms with van der Waals surface area (Å²) in [6, 6.07) is 5.85. The maximum Gasteiger partial charge on any atom is 0.230 e. The van der Waals surface area contributed by atoms with Crippen molar-refractivity contribution in [2.24, 2.45) is 5.92 Å². The van der Waals surface area contributed by atoms with E-state index in [-0.39, 0.29) is 5.91 Å². The number of amides is 1. The van der Waals surface area contributed by atoms with Crippen LogP contribution in [-0.4, -0.2) is 25.9 Å². The third kappa shape index (κ3) is 3.99. The lowest BCUT2D eigenvalue weighted by Crippen LogP contribution is -2.16. The van der Waals surface area contributed by atoms with Gasteiger partial charge in [-0.15, -0.1) is 11.3 Å². The van der Waals surface area contributed by atoms with E-state index in [9.17, 15) is 4.79 Å². The molecule has 0 spiro atoms. The number of hydrogen-bond acceptors (Lipinski definition) is 4. The Morgan fingerprint density at radius 2 is 2.20 bits per heavy atom. The Hall–Kier alpha value is -2.41. The van der Waals surface area contributed by atoms with Crippen molar-refractivity contribution in [2.75, 3.05) is 5.32 Å². The molecule has 1 amide bonds. The monoisotopic (exact) mass is 357 g/mol. The van der Waals surface area contributed by atoms with Crippen LogP contribution in [0, 0.1) is 19.8 Å². The lowest BCUT2D eigenvalue weighted by Gasteiger charge is -2.08. The van der Waals surface area contributed by atoms with Crippen molar-refractivity contribution < 1.29 is 4.79 Å². The first-order valence-electron chi connectivity index (χ1n) is 8.36. The van der Waals surface area contributed by atoms with Gasteiger partial charge in [0.1, 0.15) is 0 Å². The molecule has 132 valence electrons. The Morgan fingerprint density at radius 1 is 1.40 bits per heavy atom. The van der Waals surface area contributed by atoms with Gasteiger partial charge < -0.3 is 5.32 Å². The highest BCUT2D eigenvalue weighted by atomic mass is 32.1. The number of anilines is 1. The van der Waals surface area contributed by atoms with E-state index in [0.29, 0.717) is 18.2 Å². The average Bonchev–Trinajstić information content (AvgIpc) is 3.25. The third-order valence-corrected chi connectivity index (χ3v) is 4.94. The van der Waals surface area contributed by atoms with Crippen molar-refractivity contribution in [3.8, 4) is 10.6 Å². The summed E-state index contributed by atoms with van der Waals surface area (Å²) in [4.78, 5) is 13.5. The molecule has 0 saturated carbocycles. The molecule has 3 aromatic rings. The molecule has 3 rings (SSSR count). The van der Waals surface area contributed by atoms with Crippen molar-refractivity contribution in [1.29, 1.82) is 0 Å². The third-order valence-electron chi connectivity index (χ3n) is 4.04. The molecule has 0 radical (unpaired) electrons. The molecule has 6 nitrogen and oxygen atoms in total. The summed E-state index contributed by atoms with van der Waals surface area (Å²) in [6.07, 6.45) is 0.303. The Labute approximate surface area is 151 Å². The van der Waals surface area contributed by atoms with Crippen molar-refractivity contribution in [1.82, 2.24) is 20.0 Å². The molecule has 0 aliphatic heterocycles. The summed E-state index contributed by atoms with van der Waals surface area (Å²) in [6.45, 7) is 9.15. The highest BCUT2D eigenvalue weighted by Gasteiger charge is 2.16. The number of hydrogen-bond donors (Lipinski definition) is 2. The van der Waals surface area contributed by atoms with E-state index in [1.807, 2.05) is 42.1 Å². The minimum atomic E-state index is -0.0838. The van der Waals surface area contributed by atoms with E-state index in [1.54, 1.807) is 11.3 Å². The molecule has 2 N–H and O–H groups in total. The maximum atomic E-state index is 12.4. The summed E-state index contributed by atoms with van der Waals surface area (Å²) in [7, 11) is 0. The first-order valence-corrected chi connectivity index (χ1v) is 9.24. The second-order valence-electron chi connectivity index (χ2n) is 6.59. The second-order valence-corrected chi connectivity index (χ2v) is 7.54. The van der Waals surface area contributed by atoms with Crippen molar-refractivity contribution in [2.45, 2.75) is 40.7 Å². The summed E-state index contributed by atoms with van der Waals surface area (Å²) < 4.78 is 1.99. The number of aryl methyl sites for hydroxylation is 1. The highest BCUT2D eigenvalue weighted by molar-refractivity contribution is 7.13. The topological polar surface area (TPSA) is 75.6 Å². The van der Waals surface area contributed by atoms with Crippen LogP contribution in [0.25, 0.3) is 10.6 Å². The molecular weight excluding hydrogens is 334 g/mol. The van der Waals surface area contributed by atoms with Gasteiger partial charge in [0.2, 0.25) is 5.91 Å². The van der Waals surface area contributed by atoms with Crippen LogP contribution in [0.15, 0.2) is 23.6 Å². The van der Waals surface area contributed by atoms with Gasteiger partial charge in [-0.2, -0.15) is 10.2 Å². The minimum Gasteiger partial charge on any atom is -0.309 e. The standard InChI is InChI=1S/C18H23N5OS/c1-11(2)10-23-13(4)14(12(3)22-23)8-18(24)19-17-9-15(20-21-17)16-6-5-7-25-16/h5-7,9,11H,8,10H2,1-4H3,(H2,19,20,21,24). The van der Waals surface area contributed by atoms with E-state index < -0.39 is 0 Å². The Balaban J connectivity index is 1.68. The minimum absolute atomic E-state index is 0.0838. The Morgan fingerprint density at radius 3 is 2.88 bits per heavy atom. The fraction of sp³-hybridized carbons (Fsp3) is 0.389. The van der Waals surface area contributed by atoms with Gasteiger partial charge in [0.25, 0.3) is 0 Å². The zero-order chi connectivity index (χ0) is 18.0. The molecule has 0 saturated heterocycles. The number of aromatic amines is 1. The van der Waals surface area contributed by atoms with Gasteiger partial charge in [0.15, 0.2) is 5.82 Å². The fourth-order valence-corrected chi connectivity index (χ4v) is 3.50. The average molecular weight is 357 g/mol. The van der Waals surface area contributed by atoms with Gasteiger partial charge in [0.05, 0.1) is 22.7 Å². The summed E-state index contributed by atoms with van der Waals surface area (Å²) in [5.41, 5.74) is 3.87. The van der Waals surface area contributed by atoms with Crippen LogP contribution in [0.3, 0.4) is 0 Å². The van der Waals surface area contributed by atoms with E-state index >= 15 is 0 Å². The maximum absolute atomic E-state index is 12.4. The van der Waals surface area contributed by atoms with Gasteiger partial charge in [-0.25, -0.2) is 0 Å². The highest BCUT2D eigenvalue weighted by Crippen LogP contribution is 2.24.